The quantitative estimate of drug-likeness (QED) is 0.791. The maximum Gasteiger partial charge on any atom is 0.573 e. The summed E-state index contributed by atoms with van der Waals surface area (Å²) in [6.45, 7) is 2.31. The molecular weight excluding hydrogens is 389 g/mol. The number of rotatable bonds is 5. The average Bonchev–Trinajstić information content (AvgIpc) is 2.63. The van der Waals surface area contributed by atoms with Gasteiger partial charge in [0, 0.05) is 19.0 Å². The van der Waals surface area contributed by atoms with Crippen molar-refractivity contribution >= 4 is 11.8 Å². The first-order chi connectivity index (χ1) is 13.7. The number of amides is 2. The zero-order valence-corrected chi connectivity index (χ0v) is 15.5. The minimum atomic E-state index is -4.89. The average molecular weight is 408 g/mol. The van der Waals surface area contributed by atoms with Crippen LogP contribution in [0.4, 0.5) is 13.2 Å². The molecule has 1 heterocycles. The molecule has 1 unspecified atom stereocenters. The maximum atomic E-state index is 12.7. The Morgan fingerprint density at radius 3 is 2.48 bits per heavy atom. The fraction of sp³-hybridized carbons (Fsp3) is 0.300. The molecule has 1 atom stereocenters. The van der Waals surface area contributed by atoms with E-state index in [1.165, 1.54) is 6.07 Å². The van der Waals surface area contributed by atoms with Crippen LogP contribution in [0, 0.1) is 6.92 Å². The molecule has 6 nitrogen and oxygen atoms in total. The number of hydrogen-bond acceptors (Lipinski definition) is 4. The van der Waals surface area contributed by atoms with Crippen molar-refractivity contribution in [2.45, 2.75) is 32.2 Å². The third-order valence-electron chi connectivity index (χ3n) is 4.26. The Hall–Kier alpha value is -3.23. The first kappa shape index (κ1) is 20.5. The lowest BCUT2D eigenvalue weighted by Gasteiger charge is -2.23. The van der Waals surface area contributed by atoms with E-state index in [2.05, 4.69) is 15.4 Å². The Bertz CT molecular complexity index is 898. The SMILES string of the molecule is Cc1ccc(Oc2ccc(OC(F)(F)F)cc2C(=O)NC2CCNC(=O)C2)cc1. The van der Waals surface area contributed by atoms with E-state index < -0.39 is 24.1 Å². The van der Waals surface area contributed by atoms with Crippen LogP contribution >= 0.6 is 0 Å². The van der Waals surface area contributed by atoms with E-state index in [1.807, 2.05) is 6.92 Å². The van der Waals surface area contributed by atoms with Crippen LogP contribution < -0.4 is 20.1 Å². The lowest BCUT2D eigenvalue weighted by Crippen LogP contribution is -2.45. The molecule has 1 fully saturated rings. The van der Waals surface area contributed by atoms with Gasteiger partial charge in [-0.2, -0.15) is 0 Å². The summed E-state index contributed by atoms with van der Waals surface area (Å²) in [6, 6.07) is 9.83. The van der Waals surface area contributed by atoms with E-state index in [1.54, 1.807) is 24.3 Å². The molecule has 0 aliphatic carbocycles. The molecule has 1 aliphatic rings. The third-order valence-corrected chi connectivity index (χ3v) is 4.26. The molecule has 9 heteroatoms. The van der Waals surface area contributed by atoms with Gasteiger partial charge in [-0.15, -0.1) is 13.2 Å². The van der Waals surface area contributed by atoms with Crippen molar-refractivity contribution in [2.75, 3.05) is 6.54 Å². The zero-order valence-electron chi connectivity index (χ0n) is 15.5. The van der Waals surface area contributed by atoms with Crippen LogP contribution in [0.2, 0.25) is 0 Å². The van der Waals surface area contributed by atoms with Crippen LogP contribution in [-0.2, 0) is 4.79 Å². The molecule has 154 valence electrons. The fourth-order valence-electron chi connectivity index (χ4n) is 2.88. The molecule has 0 saturated carbocycles. The summed E-state index contributed by atoms with van der Waals surface area (Å²) in [5.41, 5.74) is 0.873. The molecule has 2 amide bonds. The number of ether oxygens (including phenoxy) is 2. The van der Waals surface area contributed by atoms with Crippen molar-refractivity contribution in [3.63, 3.8) is 0 Å². The predicted molar refractivity (Wildman–Crippen MR) is 97.9 cm³/mol. The van der Waals surface area contributed by atoms with Gasteiger partial charge in [-0.1, -0.05) is 17.7 Å². The van der Waals surface area contributed by atoms with Gasteiger partial charge in [0.15, 0.2) is 0 Å². The van der Waals surface area contributed by atoms with Crippen molar-refractivity contribution < 1.29 is 32.2 Å². The zero-order chi connectivity index (χ0) is 21.0. The monoisotopic (exact) mass is 408 g/mol. The Labute approximate surface area is 165 Å². The van der Waals surface area contributed by atoms with Gasteiger partial charge in [0.25, 0.3) is 5.91 Å². The van der Waals surface area contributed by atoms with Crippen LogP contribution in [-0.4, -0.2) is 30.8 Å². The van der Waals surface area contributed by atoms with Crippen LogP contribution in [0.25, 0.3) is 0 Å². The van der Waals surface area contributed by atoms with Crippen molar-refractivity contribution in [2.24, 2.45) is 0 Å². The highest BCUT2D eigenvalue weighted by atomic mass is 19.4. The van der Waals surface area contributed by atoms with Crippen LogP contribution in [0.3, 0.4) is 0 Å². The molecule has 0 aromatic heterocycles. The molecular formula is C20H19F3N2O4. The van der Waals surface area contributed by atoms with Gasteiger partial charge >= 0.3 is 6.36 Å². The van der Waals surface area contributed by atoms with Gasteiger partial charge in [0.2, 0.25) is 5.91 Å². The largest absolute Gasteiger partial charge is 0.573 e. The summed E-state index contributed by atoms with van der Waals surface area (Å²) in [5.74, 6) is -0.904. The highest BCUT2D eigenvalue weighted by Gasteiger charge is 2.32. The molecule has 0 bridgehead atoms. The van der Waals surface area contributed by atoms with E-state index in [-0.39, 0.29) is 23.6 Å². The number of carbonyl (C=O) groups excluding carboxylic acids is 2. The van der Waals surface area contributed by atoms with E-state index >= 15 is 0 Å². The summed E-state index contributed by atoms with van der Waals surface area (Å²) in [5, 5.41) is 5.32. The van der Waals surface area contributed by atoms with Crippen LogP contribution in [0.5, 0.6) is 17.2 Å². The van der Waals surface area contributed by atoms with Crippen LogP contribution in [0.15, 0.2) is 42.5 Å². The van der Waals surface area contributed by atoms with Crippen molar-refractivity contribution in [3.05, 3.63) is 53.6 Å². The molecule has 2 aromatic rings. The summed E-state index contributed by atoms with van der Waals surface area (Å²) in [7, 11) is 0. The summed E-state index contributed by atoms with van der Waals surface area (Å²) in [4.78, 5) is 24.2. The molecule has 0 radical (unpaired) electrons. The van der Waals surface area contributed by atoms with E-state index in [4.69, 9.17) is 4.74 Å². The topological polar surface area (TPSA) is 76.7 Å². The minimum Gasteiger partial charge on any atom is -0.457 e. The summed E-state index contributed by atoms with van der Waals surface area (Å²) < 4.78 is 47.4. The number of carbonyl (C=O) groups is 2. The third kappa shape index (κ3) is 5.87. The van der Waals surface area contributed by atoms with E-state index in [9.17, 15) is 22.8 Å². The second-order valence-electron chi connectivity index (χ2n) is 6.63. The number of nitrogens with one attached hydrogen (secondary N) is 2. The second kappa shape index (κ2) is 8.42. The summed E-state index contributed by atoms with van der Waals surface area (Å²) >= 11 is 0. The van der Waals surface area contributed by atoms with Gasteiger partial charge in [0.1, 0.15) is 17.2 Å². The first-order valence-electron chi connectivity index (χ1n) is 8.91. The summed E-state index contributed by atoms with van der Waals surface area (Å²) in [6.07, 6.45) is -4.28. The fourth-order valence-corrected chi connectivity index (χ4v) is 2.88. The number of halogens is 3. The van der Waals surface area contributed by atoms with Crippen molar-refractivity contribution in [1.29, 1.82) is 0 Å². The molecule has 1 saturated heterocycles. The standard InChI is InChI=1S/C20H19F3N2O4/c1-12-2-4-14(5-3-12)28-17-7-6-15(29-20(21,22)23)11-16(17)19(27)25-13-8-9-24-18(26)10-13/h2-7,11,13H,8-10H2,1H3,(H,24,26)(H,25,27). The molecule has 0 spiro atoms. The predicted octanol–water partition coefficient (Wildman–Crippen LogP) is 3.69. The molecule has 2 N–H and O–H groups in total. The Morgan fingerprint density at radius 2 is 1.83 bits per heavy atom. The molecule has 1 aliphatic heterocycles. The van der Waals surface area contributed by atoms with Gasteiger partial charge in [-0.05, 0) is 43.7 Å². The van der Waals surface area contributed by atoms with Gasteiger partial charge in [-0.25, -0.2) is 0 Å². The number of hydrogen-bond donors (Lipinski definition) is 2. The number of aryl methyl sites for hydroxylation is 1. The number of alkyl halides is 3. The Kier molecular flexibility index (Phi) is 5.95. The van der Waals surface area contributed by atoms with E-state index in [0.29, 0.717) is 18.7 Å². The minimum absolute atomic E-state index is 0.0705. The lowest BCUT2D eigenvalue weighted by molar-refractivity contribution is -0.274. The van der Waals surface area contributed by atoms with Crippen LogP contribution in [0.1, 0.15) is 28.8 Å². The molecule has 29 heavy (non-hydrogen) atoms. The number of piperidine rings is 1. The Balaban J connectivity index is 1.86. The van der Waals surface area contributed by atoms with Crippen molar-refractivity contribution in [3.8, 4) is 17.2 Å². The van der Waals surface area contributed by atoms with Gasteiger partial charge < -0.3 is 20.1 Å². The smallest absolute Gasteiger partial charge is 0.457 e. The maximum absolute atomic E-state index is 12.7. The van der Waals surface area contributed by atoms with Gasteiger partial charge in [0.05, 0.1) is 5.56 Å². The number of benzene rings is 2. The molecule has 2 aromatic carbocycles. The second-order valence-corrected chi connectivity index (χ2v) is 6.63. The Morgan fingerprint density at radius 1 is 1.14 bits per heavy atom. The lowest BCUT2D eigenvalue weighted by atomic mass is 10.0. The van der Waals surface area contributed by atoms with Crippen molar-refractivity contribution in [1.82, 2.24) is 10.6 Å². The van der Waals surface area contributed by atoms with E-state index in [0.717, 1.165) is 17.7 Å². The highest BCUT2D eigenvalue weighted by molar-refractivity contribution is 5.98. The van der Waals surface area contributed by atoms with Gasteiger partial charge in [-0.3, -0.25) is 9.59 Å². The molecule has 3 rings (SSSR count). The highest BCUT2D eigenvalue weighted by Crippen LogP contribution is 2.31. The normalized spacial score (nSPS) is 16.7. The first-order valence-corrected chi connectivity index (χ1v) is 8.91.